The summed E-state index contributed by atoms with van der Waals surface area (Å²) in [6.45, 7) is 3.58. The molecule has 19 heavy (non-hydrogen) atoms. The van der Waals surface area contributed by atoms with Crippen LogP contribution in [-0.2, 0) is 6.42 Å². The maximum Gasteiger partial charge on any atom is 0.336 e. The molecule has 0 aliphatic carbocycles. The van der Waals surface area contributed by atoms with Gasteiger partial charge in [-0.15, -0.1) is 0 Å². The third-order valence-electron chi connectivity index (χ3n) is 2.85. The minimum atomic E-state index is -1.11. The number of aromatic nitrogens is 1. The van der Waals surface area contributed by atoms with E-state index in [1.807, 2.05) is 13.8 Å². The summed E-state index contributed by atoms with van der Waals surface area (Å²) in [6, 6.07) is 1.25. The Balaban J connectivity index is 3.54. The van der Waals surface area contributed by atoms with Crippen molar-refractivity contribution in [3.8, 4) is 0 Å². The lowest BCUT2D eigenvalue weighted by atomic mass is 10.00. The van der Waals surface area contributed by atoms with Crippen LogP contribution in [0.4, 0.5) is 0 Å². The molecule has 1 heterocycles. The number of nitrogens with zero attached hydrogens (tertiary/aromatic N) is 1. The van der Waals surface area contributed by atoms with E-state index in [9.17, 15) is 19.8 Å². The van der Waals surface area contributed by atoms with Crippen LogP contribution in [0.5, 0.6) is 0 Å². The van der Waals surface area contributed by atoms with Gasteiger partial charge in [-0.05, 0) is 24.5 Å². The lowest BCUT2D eigenvalue weighted by Gasteiger charge is -2.10. The van der Waals surface area contributed by atoms with Crippen molar-refractivity contribution in [3.05, 3.63) is 34.2 Å². The first-order chi connectivity index (χ1) is 9.07. The number of aromatic carboxylic acids is 1. The van der Waals surface area contributed by atoms with Crippen molar-refractivity contribution >= 4 is 18.3 Å². The minimum absolute atomic E-state index is 0.0355. The second-order valence-corrected chi connectivity index (χ2v) is 4.05. The topological polar surface area (TPSA) is 87.5 Å². The fraction of sp³-hybridized carbons (Fsp3) is 0.357. The maximum absolute atomic E-state index is 11.3. The molecule has 1 rings (SSSR count). The van der Waals surface area contributed by atoms with Gasteiger partial charge in [0.2, 0.25) is 0 Å². The number of aldehydes is 1. The van der Waals surface area contributed by atoms with Crippen LogP contribution in [-0.4, -0.2) is 34.1 Å². The molecule has 0 aliphatic rings. The van der Waals surface area contributed by atoms with Crippen LogP contribution < -0.4 is 0 Å². The van der Waals surface area contributed by atoms with Crippen LogP contribution in [0.15, 0.2) is 11.6 Å². The Morgan fingerprint density at radius 2 is 2.11 bits per heavy atom. The van der Waals surface area contributed by atoms with Crippen LogP contribution in [0.2, 0.25) is 0 Å². The monoisotopic (exact) mass is 263 g/mol. The standard InChI is InChI=1S/C14H17NO4/c1-3-9(7-16)5-11-12(14(18)19)6-10(8-17)15-13(11)4-2/h5-6,8,16H,3-4,7H2,1-2H3,(H,18,19)/b9-5+. The molecule has 0 spiro atoms. The van der Waals surface area contributed by atoms with E-state index in [2.05, 4.69) is 4.98 Å². The molecule has 0 fully saturated rings. The van der Waals surface area contributed by atoms with Gasteiger partial charge in [-0.2, -0.15) is 0 Å². The number of pyridine rings is 1. The first-order valence-corrected chi connectivity index (χ1v) is 6.10. The molecule has 0 amide bonds. The quantitative estimate of drug-likeness (QED) is 0.766. The average Bonchev–Trinajstić information content (AvgIpc) is 2.43. The first-order valence-electron chi connectivity index (χ1n) is 6.10. The van der Waals surface area contributed by atoms with Crippen LogP contribution in [0.1, 0.15) is 52.4 Å². The van der Waals surface area contributed by atoms with Gasteiger partial charge in [-0.25, -0.2) is 9.78 Å². The molecule has 0 radical (unpaired) electrons. The molecule has 0 saturated heterocycles. The van der Waals surface area contributed by atoms with Gasteiger partial charge in [0.25, 0.3) is 0 Å². The Morgan fingerprint density at radius 1 is 1.42 bits per heavy atom. The number of rotatable bonds is 6. The van der Waals surface area contributed by atoms with Crippen LogP contribution in [0.3, 0.4) is 0 Å². The van der Waals surface area contributed by atoms with E-state index >= 15 is 0 Å². The van der Waals surface area contributed by atoms with Gasteiger partial charge in [0.15, 0.2) is 6.29 Å². The summed E-state index contributed by atoms with van der Waals surface area (Å²) in [5, 5.41) is 18.4. The zero-order valence-electron chi connectivity index (χ0n) is 11.0. The van der Waals surface area contributed by atoms with Gasteiger partial charge >= 0.3 is 5.97 Å². The van der Waals surface area contributed by atoms with E-state index in [0.717, 1.165) is 5.57 Å². The zero-order chi connectivity index (χ0) is 14.4. The van der Waals surface area contributed by atoms with E-state index in [1.54, 1.807) is 6.08 Å². The molecule has 0 saturated carbocycles. The summed E-state index contributed by atoms with van der Waals surface area (Å²) >= 11 is 0. The van der Waals surface area contributed by atoms with E-state index in [0.29, 0.717) is 30.4 Å². The Bertz CT molecular complexity index is 514. The van der Waals surface area contributed by atoms with Crippen LogP contribution in [0.25, 0.3) is 6.08 Å². The van der Waals surface area contributed by atoms with Gasteiger partial charge in [-0.3, -0.25) is 4.79 Å². The second-order valence-electron chi connectivity index (χ2n) is 4.05. The maximum atomic E-state index is 11.3. The average molecular weight is 263 g/mol. The predicted molar refractivity (Wildman–Crippen MR) is 71.3 cm³/mol. The van der Waals surface area contributed by atoms with Crippen molar-refractivity contribution in [1.29, 1.82) is 0 Å². The number of aryl methyl sites for hydroxylation is 1. The number of hydrogen-bond donors (Lipinski definition) is 2. The molecule has 0 unspecified atom stereocenters. The molecule has 0 atom stereocenters. The minimum Gasteiger partial charge on any atom is -0.478 e. The highest BCUT2D eigenvalue weighted by Gasteiger charge is 2.15. The summed E-state index contributed by atoms with van der Waals surface area (Å²) in [4.78, 5) is 26.2. The van der Waals surface area contributed by atoms with E-state index in [4.69, 9.17) is 0 Å². The highest BCUT2D eigenvalue weighted by Crippen LogP contribution is 2.20. The Hall–Kier alpha value is -2.01. The van der Waals surface area contributed by atoms with Gasteiger partial charge in [0.1, 0.15) is 5.69 Å². The van der Waals surface area contributed by atoms with Gasteiger partial charge in [0, 0.05) is 11.3 Å². The number of carbonyl (C=O) groups is 2. The first kappa shape index (κ1) is 15.0. The van der Waals surface area contributed by atoms with Crippen molar-refractivity contribution < 1.29 is 19.8 Å². The Morgan fingerprint density at radius 3 is 2.53 bits per heavy atom. The van der Waals surface area contributed by atoms with Crippen molar-refractivity contribution in [2.24, 2.45) is 0 Å². The summed E-state index contributed by atoms with van der Waals surface area (Å²) in [6.07, 6.45) is 3.31. The number of carboxylic acids is 1. The van der Waals surface area contributed by atoms with E-state index in [-0.39, 0.29) is 17.9 Å². The van der Waals surface area contributed by atoms with Gasteiger partial charge < -0.3 is 10.2 Å². The third kappa shape index (κ3) is 3.48. The lowest BCUT2D eigenvalue weighted by molar-refractivity contribution is 0.0696. The van der Waals surface area contributed by atoms with Crippen LogP contribution in [0, 0.1) is 0 Å². The van der Waals surface area contributed by atoms with Crippen LogP contribution >= 0.6 is 0 Å². The number of hydrogen-bond acceptors (Lipinski definition) is 4. The SMILES string of the molecule is CC/C(=C\c1c(C(=O)O)cc(C=O)nc1CC)CO. The number of aliphatic hydroxyl groups is 1. The Kier molecular flexibility index (Phi) is 5.38. The predicted octanol–water partition coefficient (Wildman–Crippen LogP) is 1.94. The van der Waals surface area contributed by atoms with Crippen molar-refractivity contribution in [2.45, 2.75) is 26.7 Å². The second kappa shape index (κ2) is 6.80. The highest BCUT2D eigenvalue weighted by molar-refractivity contribution is 5.94. The van der Waals surface area contributed by atoms with Crippen molar-refractivity contribution in [3.63, 3.8) is 0 Å². The molecular weight excluding hydrogens is 246 g/mol. The number of carboxylic acid groups (broad SMARTS) is 1. The summed E-state index contributed by atoms with van der Waals surface area (Å²) < 4.78 is 0. The number of carbonyl (C=O) groups excluding carboxylic acids is 1. The third-order valence-corrected chi connectivity index (χ3v) is 2.85. The fourth-order valence-electron chi connectivity index (χ4n) is 1.76. The van der Waals surface area contributed by atoms with Gasteiger partial charge in [0.05, 0.1) is 12.2 Å². The molecule has 0 aliphatic heterocycles. The summed E-state index contributed by atoms with van der Waals surface area (Å²) in [5.41, 5.74) is 1.87. The Labute approximate surface area is 111 Å². The zero-order valence-corrected chi connectivity index (χ0v) is 11.0. The smallest absolute Gasteiger partial charge is 0.336 e. The molecule has 1 aromatic heterocycles. The summed E-state index contributed by atoms with van der Waals surface area (Å²) in [5.74, 6) is -1.11. The van der Waals surface area contributed by atoms with E-state index in [1.165, 1.54) is 6.07 Å². The number of aliphatic hydroxyl groups excluding tert-OH is 1. The molecule has 5 heteroatoms. The molecule has 0 bridgehead atoms. The largest absolute Gasteiger partial charge is 0.478 e. The fourth-order valence-corrected chi connectivity index (χ4v) is 1.76. The molecule has 2 N–H and O–H groups in total. The lowest BCUT2D eigenvalue weighted by Crippen LogP contribution is -2.08. The molecule has 1 aromatic rings. The van der Waals surface area contributed by atoms with Crippen molar-refractivity contribution in [1.82, 2.24) is 4.98 Å². The normalized spacial score (nSPS) is 11.4. The molecular formula is C14H17NO4. The van der Waals surface area contributed by atoms with Crippen molar-refractivity contribution in [2.75, 3.05) is 6.61 Å². The molecule has 5 nitrogen and oxygen atoms in total. The van der Waals surface area contributed by atoms with E-state index < -0.39 is 5.97 Å². The summed E-state index contributed by atoms with van der Waals surface area (Å²) in [7, 11) is 0. The molecule has 102 valence electrons. The molecule has 0 aromatic carbocycles. The van der Waals surface area contributed by atoms with Gasteiger partial charge in [-0.1, -0.05) is 19.9 Å². The highest BCUT2D eigenvalue weighted by atomic mass is 16.4.